The molecular formula is C20H22Cl2N2O2. The van der Waals surface area contributed by atoms with Crippen LogP contribution in [-0.4, -0.2) is 29.8 Å². The number of nitrogens with one attached hydrogen (secondary N) is 1. The van der Waals surface area contributed by atoms with Gasteiger partial charge in [0.05, 0.1) is 10.0 Å². The lowest BCUT2D eigenvalue weighted by molar-refractivity contribution is -0.129. The van der Waals surface area contributed by atoms with Crippen LogP contribution in [-0.2, 0) is 16.0 Å². The number of benzene rings is 2. The highest BCUT2D eigenvalue weighted by Crippen LogP contribution is 2.25. The van der Waals surface area contributed by atoms with Gasteiger partial charge in [-0.15, -0.1) is 0 Å². The molecule has 0 aliphatic rings. The second kappa shape index (κ2) is 10.2. The zero-order chi connectivity index (χ0) is 18.9. The van der Waals surface area contributed by atoms with Gasteiger partial charge in [0.2, 0.25) is 11.8 Å². The van der Waals surface area contributed by atoms with E-state index in [0.29, 0.717) is 28.8 Å². The number of amides is 2. The van der Waals surface area contributed by atoms with E-state index >= 15 is 0 Å². The summed E-state index contributed by atoms with van der Waals surface area (Å²) in [5.41, 5.74) is 1.83. The van der Waals surface area contributed by atoms with Crippen LogP contribution >= 0.6 is 23.2 Å². The molecule has 2 aromatic carbocycles. The Morgan fingerprint density at radius 2 is 1.73 bits per heavy atom. The highest BCUT2D eigenvalue weighted by atomic mass is 35.5. The summed E-state index contributed by atoms with van der Waals surface area (Å²) in [5, 5.41) is 3.59. The van der Waals surface area contributed by atoms with E-state index in [0.717, 1.165) is 12.8 Å². The Labute approximate surface area is 164 Å². The monoisotopic (exact) mass is 392 g/mol. The van der Waals surface area contributed by atoms with Gasteiger partial charge < -0.3 is 10.2 Å². The fraction of sp³-hybridized carbons (Fsp3) is 0.300. The van der Waals surface area contributed by atoms with Crippen molar-refractivity contribution in [1.82, 2.24) is 4.90 Å². The van der Waals surface area contributed by atoms with Gasteiger partial charge in [0.15, 0.2) is 0 Å². The van der Waals surface area contributed by atoms with Crippen LogP contribution in [0.4, 0.5) is 5.69 Å². The van der Waals surface area contributed by atoms with E-state index in [1.807, 2.05) is 18.2 Å². The van der Waals surface area contributed by atoms with Crippen LogP contribution in [0.2, 0.25) is 10.0 Å². The molecule has 0 atom stereocenters. The summed E-state index contributed by atoms with van der Waals surface area (Å²) in [6.45, 7) is 2.54. The van der Waals surface area contributed by atoms with E-state index in [1.165, 1.54) is 12.5 Å². The third kappa shape index (κ3) is 6.70. The van der Waals surface area contributed by atoms with Gasteiger partial charge in [-0.2, -0.15) is 0 Å². The molecule has 0 aromatic heterocycles. The fourth-order valence-corrected chi connectivity index (χ4v) is 2.88. The molecule has 0 heterocycles. The van der Waals surface area contributed by atoms with Crippen LogP contribution in [0.5, 0.6) is 0 Å². The molecule has 1 N–H and O–H groups in total. The molecule has 0 aliphatic carbocycles. The van der Waals surface area contributed by atoms with Crippen molar-refractivity contribution in [2.75, 3.05) is 18.4 Å². The summed E-state index contributed by atoms with van der Waals surface area (Å²) in [5.74, 6) is -0.196. The number of carbonyl (C=O) groups is 2. The molecule has 0 radical (unpaired) electrons. The molecule has 2 amide bonds. The molecule has 6 heteroatoms. The number of nitrogens with zero attached hydrogens (tertiary/aromatic N) is 1. The van der Waals surface area contributed by atoms with Gasteiger partial charge in [-0.1, -0.05) is 53.5 Å². The SMILES string of the molecule is CC(=O)N(CCCc1ccccc1)CCC(=O)Nc1ccc(Cl)c(Cl)c1. The van der Waals surface area contributed by atoms with Crippen LogP contribution in [0.15, 0.2) is 48.5 Å². The molecule has 0 aliphatic heterocycles. The maximum Gasteiger partial charge on any atom is 0.226 e. The minimum atomic E-state index is -0.169. The van der Waals surface area contributed by atoms with Crippen molar-refractivity contribution in [3.8, 4) is 0 Å². The number of halogens is 2. The van der Waals surface area contributed by atoms with Gasteiger partial charge in [-0.05, 0) is 36.6 Å². The first kappa shape index (κ1) is 20.3. The Morgan fingerprint density at radius 3 is 2.38 bits per heavy atom. The summed E-state index contributed by atoms with van der Waals surface area (Å²) in [6, 6.07) is 15.1. The lowest BCUT2D eigenvalue weighted by Gasteiger charge is -2.21. The van der Waals surface area contributed by atoms with E-state index in [1.54, 1.807) is 23.1 Å². The topological polar surface area (TPSA) is 49.4 Å². The Kier molecular flexibility index (Phi) is 7.95. The maximum atomic E-state index is 12.1. The summed E-state index contributed by atoms with van der Waals surface area (Å²) in [4.78, 5) is 25.6. The Hall–Kier alpha value is -2.04. The minimum absolute atomic E-state index is 0.0274. The van der Waals surface area contributed by atoms with Crippen LogP contribution in [0, 0.1) is 0 Å². The average Bonchev–Trinajstić information content (AvgIpc) is 2.61. The Bertz CT molecular complexity index is 751. The van der Waals surface area contributed by atoms with Crippen molar-refractivity contribution in [2.24, 2.45) is 0 Å². The molecule has 0 saturated heterocycles. The quantitative estimate of drug-likeness (QED) is 0.700. The van der Waals surface area contributed by atoms with E-state index < -0.39 is 0 Å². The number of rotatable bonds is 8. The van der Waals surface area contributed by atoms with E-state index in [-0.39, 0.29) is 18.2 Å². The second-order valence-electron chi connectivity index (χ2n) is 6.02. The van der Waals surface area contributed by atoms with E-state index in [2.05, 4.69) is 17.4 Å². The number of anilines is 1. The molecule has 2 aromatic rings. The predicted molar refractivity (Wildman–Crippen MR) is 107 cm³/mol. The molecule has 0 saturated carbocycles. The van der Waals surface area contributed by atoms with Crippen LogP contribution in [0.3, 0.4) is 0 Å². The number of hydrogen-bond acceptors (Lipinski definition) is 2. The number of aryl methyl sites for hydroxylation is 1. The Balaban J connectivity index is 1.78. The van der Waals surface area contributed by atoms with Crippen LogP contribution in [0.1, 0.15) is 25.3 Å². The van der Waals surface area contributed by atoms with E-state index in [4.69, 9.17) is 23.2 Å². The molecule has 0 fully saturated rings. The summed E-state index contributed by atoms with van der Waals surface area (Å²) < 4.78 is 0. The molecule has 0 unspecified atom stereocenters. The van der Waals surface area contributed by atoms with Gasteiger partial charge in [-0.25, -0.2) is 0 Å². The third-order valence-corrected chi connectivity index (χ3v) is 4.73. The average molecular weight is 393 g/mol. The fourth-order valence-electron chi connectivity index (χ4n) is 2.58. The highest BCUT2D eigenvalue weighted by Gasteiger charge is 2.11. The zero-order valence-corrected chi connectivity index (χ0v) is 16.2. The summed E-state index contributed by atoms with van der Waals surface area (Å²) in [6.07, 6.45) is 1.99. The van der Waals surface area contributed by atoms with Crippen LogP contribution < -0.4 is 5.32 Å². The molecule has 0 spiro atoms. The van der Waals surface area contributed by atoms with Gasteiger partial charge in [0.1, 0.15) is 0 Å². The van der Waals surface area contributed by atoms with Gasteiger partial charge >= 0.3 is 0 Å². The first-order chi connectivity index (χ1) is 12.5. The van der Waals surface area contributed by atoms with Crippen molar-refractivity contribution in [3.05, 3.63) is 64.1 Å². The second-order valence-corrected chi connectivity index (χ2v) is 6.84. The molecular weight excluding hydrogens is 371 g/mol. The van der Waals surface area contributed by atoms with Crippen molar-refractivity contribution in [3.63, 3.8) is 0 Å². The summed E-state index contributed by atoms with van der Waals surface area (Å²) >= 11 is 11.8. The number of hydrogen-bond donors (Lipinski definition) is 1. The third-order valence-electron chi connectivity index (χ3n) is 3.99. The normalized spacial score (nSPS) is 10.4. The number of carbonyl (C=O) groups excluding carboxylic acids is 2. The zero-order valence-electron chi connectivity index (χ0n) is 14.7. The Morgan fingerprint density at radius 1 is 1.00 bits per heavy atom. The smallest absolute Gasteiger partial charge is 0.226 e. The minimum Gasteiger partial charge on any atom is -0.342 e. The van der Waals surface area contributed by atoms with Crippen molar-refractivity contribution in [2.45, 2.75) is 26.2 Å². The molecule has 0 bridgehead atoms. The first-order valence-corrected chi connectivity index (χ1v) is 9.25. The van der Waals surface area contributed by atoms with Gasteiger partial charge in [-0.3, -0.25) is 9.59 Å². The van der Waals surface area contributed by atoms with Crippen LogP contribution in [0.25, 0.3) is 0 Å². The molecule has 26 heavy (non-hydrogen) atoms. The van der Waals surface area contributed by atoms with Crippen molar-refractivity contribution >= 4 is 40.7 Å². The molecule has 4 nitrogen and oxygen atoms in total. The standard InChI is InChI=1S/C20H22Cl2N2O2/c1-15(25)24(12-5-8-16-6-3-2-4-7-16)13-11-20(26)23-17-9-10-18(21)19(22)14-17/h2-4,6-7,9-10,14H,5,8,11-13H2,1H3,(H,23,26). The van der Waals surface area contributed by atoms with Crippen molar-refractivity contribution in [1.29, 1.82) is 0 Å². The summed E-state index contributed by atoms with van der Waals surface area (Å²) in [7, 11) is 0. The van der Waals surface area contributed by atoms with Crippen molar-refractivity contribution < 1.29 is 9.59 Å². The van der Waals surface area contributed by atoms with Gasteiger partial charge in [0.25, 0.3) is 0 Å². The van der Waals surface area contributed by atoms with E-state index in [9.17, 15) is 9.59 Å². The maximum absolute atomic E-state index is 12.1. The predicted octanol–water partition coefficient (Wildman–Crippen LogP) is 4.80. The lowest BCUT2D eigenvalue weighted by atomic mass is 10.1. The first-order valence-electron chi connectivity index (χ1n) is 8.50. The molecule has 2 rings (SSSR count). The van der Waals surface area contributed by atoms with Gasteiger partial charge in [0, 0.05) is 32.1 Å². The lowest BCUT2D eigenvalue weighted by Crippen LogP contribution is -2.33. The largest absolute Gasteiger partial charge is 0.342 e. The molecule has 138 valence electrons. The highest BCUT2D eigenvalue weighted by molar-refractivity contribution is 6.42.